The summed E-state index contributed by atoms with van der Waals surface area (Å²) in [6.07, 6.45) is 4.73. The van der Waals surface area contributed by atoms with Gasteiger partial charge in [-0.15, -0.1) is 0 Å². The quantitative estimate of drug-likeness (QED) is 0.667. The van der Waals surface area contributed by atoms with Gasteiger partial charge in [0.05, 0.1) is 18.6 Å². The van der Waals surface area contributed by atoms with Gasteiger partial charge in [-0.1, -0.05) is 30.3 Å². The average Bonchev–Trinajstić information content (AvgIpc) is 2.73. The Hall–Kier alpha value is -2.99. The van der Waals surface area contributed by atoms with Crippen molar-refractivity contribution in [3.8, 4) is 5.75 Å². The summed E-state index contributed by atoms with van der Waals surface area (Å²) in [4.78, 5) is 13.8. The number of β-lactam (4-membered cyclic amide) rings is 1. The Bertz CT molecular complexity index is 985. The van der Waals surface area contributed by atoms with Crippen molar-refractivity contribution < 1.29 is 23.8 Å². The number of halogens is 2. The molecule has 0 spiro atoms. The maximum Gasteiger partial charge on any atom is 0.230 e. The van der Waals surface area contributed by atoms with Crippen LogP contribution in [0.3, 0.4) is 0 Å². The number of amides is 1. The third kappa shape index (κ3) is 4.14. The van der Waals surface area contributed by atoms with Crippen molar-refractivity contribution in [3.63, 3.8) is 0 Å². The number of phenols is 1. The first kappa shape index (κ1) is 20.3. The monoisotopic (exact) mass is 411 g/mol. The largest absolute Gasteiger partial charge is 0.508 e. The van der Waals surface area contributed by atoms with Gasteiger partial charge in [-0.3, -0.25) is 4.79 Å². The molecule has 4 nitrogen and oxygen atoms in total. The van der Waals surface area contributed by atoms with Crippen LogP contribution in [0.4, 0.5) is 8.78 Å². The van der Waals surface area contributed by atoms with Crippen LogP contribution in [0, 0.1) is 5.82 Å². The van der Waals surface area contributed by atoms with E-state index in [1.165, 1.54) is 30.3 Å². The molecule has 2 aliphatic rings. The van der Waals surface area contributed by atoms with Gasteiger partial charge in [0.15, 0.2) is 0 Å². The summed E-state index contributed by atoms with van der Waals surface area (Å²) in [6, 6.07) is 12.1. The summed E-state index contributed by atoms with van der Waals surface area (Å²) in [5, 5.41) is 19.7. The molecule has 1 amide bonds. The van der Waals surface area contributed by atoms with Crippen molar-refractivity contribution in [1.82, 2.24) is 4.90 Å². The number of phenolic OH excluding ortho intramolecular Hbond substituents is 1. The topological polar surface area (TPSA) is 60.8 Å². The van der Waals surface area contributed by atoms with Crippen molar-refractivity contribution in [2.24, 2.45) is 0 Å². The van der Waals surface area contributed by atoms with Crippen molar-refractivity contribution in [1.29, 1.82) is 0 Å². The summed E-state index contributed by atoms with van der Waals surface area (Å²) in [5.74, 6) is -0.244. The Kier molecular flexibility index (Phi) is 5.43. The number of allylic oxidation sites excluding steroid dienone is 3. The van der Waals surface area contributed by atoms with Crippen LogP contribution in [-0.2, 0) is 4.79 Å². The number of aromatic hydroxyl groups is 1. The van der Waals surface area contributed by atoms with Gasteiger partial charge in [-0.2, -0.15) is 0 Å². The van der Waals surface area contributed by atoms with E-state index in [-0.39, 0.29) is 42.8 Å². The van der Waals surface area contributed by atoms with Crippen LogP contribution < -0.4 is 0 Å². The molecule has 1 aliphatic carbocycles. The van der Waals surface area contributed by atoms with E-state index >= 15 is 4.39 Å². The number of carbonyl (C=O) groups is 1. The molecule has 1 unspecified atom stereocenters. The fourth-order valence-electron chi connectivity index (χ4n) is 3.94. The summed E-state index contributed by atoms with van der Waals surface area (Å²) in [7, 11) is 0. The fourth-order valence-corrected chi connectivity index (χ4v) is 3.94. The van der Waals surface area contributed by atoms with Crippen molar-refractivity contribution in [2.75, 3.05) is 0 Å². The van der Waals surface area contributed by atoms with Crippen LogP contribution in [0.25, 0.3) is 0 Å². The zero-order chi connectivity index (χ0) is 21.3. The first-order valence-electron chi connectivity index (χ1n) is 9.97. The second kappa shape index (κ2) is 8.03. The molecule has 6 heteroatoms. The number of carbonyl (C=O) groups excluding carboxylic acids is 1. The number of aliphatic hydroxyl groups is 1. The van der Waals surface area contributed by atoms with Crippen molar-refractivity contribution in [3.05, 3.63) is 89.4 Å². The molecule has 3 atom stereocenters. The average molecular weight is 411 g/mol. The van der Waals surface area contributed by atoms with Gasteiger partial charge in [-0.05, 0) is 60.4 Å². The molecular formula is C24H23F2NO3. The third-order valence-corrected chi connectivity index (χ3v) is 5.80. The summed E-state index contributed by atoms with van der Waals surface area (Å²) in [5.41, 5.74) is 0.531. The number of rotatable bonds is 6. The number of nitrogens with zero attached hydrogens (tertiary/aromatic N) is 1. The molecule has 0 saturated carbocycles. The number of aliphatic hydroxyl groups excluding tert-OH is 1. The number of hydrogen-bond donors (Lipinski definition) is 2. The summed E-state index contributed by atoms with van der Waals surface area (Å²) >= 11 is 0. The lowest BCUT2D eigenvalue weighted by molar-refractivity contribution is -0.142. The molecule has 1 aliphatic heterocycles. The van der Waals surface area contributed by atoms with Gasteiger partial charge >= 0.3 is 0 Å². The van der Waals surface area contributed by atoms with E-state index in [1.54, 1.807) is 41.3 Å². The maximum absolute atomic E-state index is 15.2. The van der Waals surface area contributed by atoms with Gasteiger partial charge in [0, 0.05) is 12.1 Å². The minimum atomic E-state index is -1.60. The van der Waals surface area contributed by atoms with E-state index in [1.807, 2.05) is 0 Å². The Morgan fingerprint density at radius 1 is 1.13 bits per heavy atom. The first-order chi connectivity index (χ1) is 14.3. The highest BCUT2D eigenvalue weighted by molar-refractivity contribution is 5.86. The van der Waals surface area contributed by atoms with Gasteiger partial charge in [-0.25, -0.2) is 8.78 Å². The zero-order valence-electron chi connectivity index (χ0n) is 16.3. The predicted octanol–water partition coefficient (Wildman–Crippen LogP) is 4.87. The SMILES string of the molecule is O=C1C[C@@H](c2ccc(O)cc2)N1C1=CCC(F)(CC[C@H](O)c2ccc(F)cc2)C=C1. The molecule has 1 saturated heterocycles. The second-order valence-corrected chi connectivity index (χ2v) is 7.88. The van der Waals surface area contributed by atoms with Gasteiger partial charge in [0.25, 0.3) is 0 Å². The Labute approximate surface area is 173 Å². The van der Waals surface area contributed by atoms with E-state index in [9.17, 15) is 19.4 Å². The molecule has 0 radical (unpaired) electrons. The molecule has 2 N–H and O–H groups in total. The molecule has 1 heterocycles. The molecule has 0 aromatic heterocycles. The predicted molar refractivity (Wildman–Crippen MR) is 109 cm³/mol. The molecule has 4 rings (SSSR count). The van der Waals surface area contributed by atoms with Crippen LogP contribution in [0.5, 0.6) is 5.75 Å². The lowest BCUT2D eigenvalue weighted by Gasteiger charge is -2.42. The standard InChI is InChI=1S/C24H23F2NO3/c25-18-5-1-17(2-6-18)22(29)11-14-24(26)12-9-19(10-13-24)27-21(15-23(27)30)16-3-7-20(28)8-4-16/h1-10,12,21-22,28-29H,11,13-15H2/t21-,22-,24?/m0/s1. The fraction of sp³-hybridized carbons (Fsp3) is 0.292. The third-order valence-electron chi connectivity index (χ3n) is 5.80. The number of hydrogen-bond acceptors (Lipinski definition) is 3. The van der Waals surface area contributed by atoms with Crippen molar-refractivity contribution >= 4 is 5.91 Å². The molecule has 156 valence electrons. The number of alkyl halides is 1. The Morgan fingerprint density at radius 3 is 2.43 bits per heavy atom. The van der Waals surface area contributed by atoms with Gasteiger partial charge in [0.1, 0.15) is 17.2 Å². The van der Waals surface area contributed by atoms with E-state index in [0.29, 0.717) is 17.7 Å². The molecular weight excluding hydrogens is 388 g/mol. The Balaban J connectivity index is 1.38. The molecule has 1 fully saturated rings. The van der Waals surface area contributed by atoms with E-state index in [2.05, 4.69) is 0 Å². The number of benzene rings is 2. The van der Waals surface area contributed by atoms with Crippen LogP contribution >= 0.6 is 0 Å². The van der Waals surface area contributed by atoms with Crippen LogP contribution in [0.2, 0.25) is 0 Å². The lowest BCUT2D eigenvalue weighted by atomic mass is 9.86. The molecule has 0 bridgehead atoms. The number of likely N-dealkylation sites (tertiary alicyclic amines) is 1. The summed E-state index contributed by atoms with van der Waals surface area (Å²) < 4.78 is 28.2. The van der Waals surface area contributed by atoms with Crippen LogP contribution in [0.15, 0.2) is 72.5 Å². The highest BCUT2D eigenvalue weighted by Crippen LogP contribution is 2.41. The van der Waals surface area contributed by atoms with Crippen LogP contribution in [-0.4, -0.2) is 26.7 Å². The lowest BCUT2D eigenvalue weighted by Crippen LogP contribution is -2.45. The van der Waals surface area contributed by atoms with E-state index < -0.39 is 11.8 Å². The highest BCUT2D eigenvalue weighted by Gasteiger charge is 2.40. The summed E-state index contributed by atoms with van der Waals surface area (Å²) in [6.45, 7) is 0. The van der Waals surface area contributed by atoms with E-state index in [4.69, 9.17) is 0 Å². The van der Waals surface area contributed by atoms with E-state index in [0.717, 1.165) is 5.56 Å². The maximum atomic E-state index is 15.2. The van der Waals surface area contributed by atoms with Gasteiger partial charge in [0.2, 0.25) is 5.91 Å². The van der Waals surface area contributed by atoms with Crippen molar-refractivity contribution in [2.45, 2.75) is 43.5 Å². The highest BCUT2D eigenvalue weighted by atomic mass is 19.1. The van der Waals surface area contributed by atoms with Crippen LogP contribution in [0.1, 0.15) is 49.0 Å². The molecule has 2 aromatic carbocycles. The minimum Gasteiger partial charge on any atom is -0.508 e. The normalized spacial score (nSPS) is 24.4. The Morgan fingerprint density at radius 2 is 1.83 bits per heavy atom. The minimum absolute atomic E-state index is 0.0259. The zero-order valence-corrected chi connectivity index (χ0v) is 16.3. The van der Waals surface area contributed by atoms with Gasteiger partial charge < -0.3 is 15.1 Å². The molecule has 30 heavy (non-hydrogen) atoms. The second-order valence-electron chi connectivity index (χ2n) is 7.88. The smallest absolute Gasteiger partial charge is 0.230 e. The molecule has 2 aromatic rings. The first-order valence-corrected chi connectivity index (χ1v) is 9.97.